The van der Waals surface area contributed by atoms with E-state index in [1.807, 2.05) is 0 Å². The fourth-order valence-electron chi connectivity index (χ4n) is 3.24. The molecule has 4 heteroatoms. The van der Waals surface area contributed by atoms with Crippen molar-refractivity contribution >= 4 is 11.0 Å². The van der Waals surface area contributed by atoms with Crippen LogP contribution < -0.4 is 11.0 Å². The predicted octanol–water partition coefficient (Wildman–Crippen LogP) is 1.03. The highest BCUT2D eigenvalue weighted by molar-refractivity contribution is 5.77. The van der Waals surface area contributed by atoms with Crippen LogP contribution in [-0.2, 0) is 0 Å². The highest BCUT2D eigenvalue weighted by Gasteiger charge is 2.34. The van der Waals surface area contributed by atoms with E-state index in [1.165, 1.54) is 17.5 Å². The third kappa shape index (κ3) is 0.998. The van der Waals surface area contributed by atoms with Gasteiger partial charge in [0.2, 0.25) is 0 Å². The van der Waals surface area contributed by atoms with Crippen molar-refractivity contribution in [2.45, 2.75) is 18.3 Å². The highest BCUT2D eigenvalue weighted by Crippen LogP contribution is 2.44. The minimum Gasteiger partial charge on any atom is -0.316 e. The van der Waals surface area contributed by atoms with Crippen molar-refractivity contribution in [2.75, 3.05) is 13.1 Å². The van der Waals surface area contributed by atoms with Gasteiger partial charge < -0.3 is 15.3 Å². The summed E-state index contributed by atoms with van der Waals surface area (Å²) in [6, 6.07) is 4.31. The number of imidazole rings is 1. The van der Waals surface area contributed by atoms with Crippen LogP contribution in [0.4, 0.5) is 0 Å². The summed E-state index contributed by atoms with van der Waals surface area (Å²) in [5.41, 5.74) is 4.63. The van der Waals surface area contributed by atoms with E-state index in [1.54, 1.807) is 0 Å². The molecule has 1 aliphatic carbocycles. The van der Waals surface area contributed by atoms with Gasteiger partial charge in [0.05, 0.1) is 11.0 Å². The first kappa shape index (κ1) is 8.58. The number of nitrogens with one attached hydrogen (secondary N) is 3. The Morgan fingerprint density at radius 3 is 2.12 bits per heavy atom. The molecule has 1 aromatic heterocycles. The summed E-state index contributed by atoms with van der Waals surface area (Å²) in [6.45, 7) is 2.15. The Balaban J connectivity index is 2.03. The Morgan fingerprint density at radius 2 is 1.56 bits per heavy atom. The lowest BCUT2D eigenvalue weighted by Crippen LogP contribution is -2.28. The lowest BCUT2D eigenvalue weighted by Gasteiger charge is -2.19. The summed E-state index contributed by atoms with van der Waals surface area (Å²) in [7, 11) is 0. The Hall–Kier alpha value is -1.55. The van der Waals surface area contributed by atoms with E-state index in [4.69, 9.17) is 0 Å². The average molecular weight is 215 g/mol. The second-order valence-corrected chi connectivity index (χ2v) is 4.89. The summed E-state index contributed by atoms with van der Waals surface area (Å²) in [6.07, 6.45) is 1.26. The first-order chi connectivity index (χ1) is 7.81. The summed E-state index contributed by atoms with van der Waals surface area (Å²) >= 11 is 0. The van der Waals surface area contributed by atoms with Gasteiger partial charge in [-0.1, -0.05) is 0 Å². The van der Waals surface area contributed by atoms with E-state index in [0.29, 0.717) is 11.8 Å². The van der Waals surface area contributed by atoms with Crippen molar-refractivity contribution in [3.8, 4) is 0 Å². The minimum absolute atomic E-state index is 0.109. The first-order valence-electron chi connectivity index (χ1n) is 5.78. The predicted molar refractivity (Wildman–Crippen MR) is 61.9 cm³/mol. The van der Waals surface area contributed by atoms with E-state index < -0.39 is 0 Å². The van der Waals surface area contributed by atoms with Gasteiger partial charge in [0.25, 0.3) is 0 Å². The van der Waals surface area contributed by atoms with Crippen molar-refractivity contribution < 1.29 is 0 Å². The molecule has 4 rings (SSSR count). The van der Waals surface area contributed by atoms with Crippen LogP contribution in [0.15, 0.2) is 16.9 Å². The molecule has 3 N–H and O–H groups in total. The molecule has 0 amide bonds. The molecule has 1 saturated heterocycles. The number of fused-ring (bicyclic) bond motifs is 6. The molecule has 2 aliphatic rings. The molecule has 0 spiro atoms. The number of aromatic nitrogens is 2. The lowest BCUT2D eigenvalue weighted by molar-refractivity contribution is 0.454. The zero-order chi connectivity index (χ0) is 10.7. The normalized spacial score (nSPS) is 27.2. The maximum Gasteiger partial charge on any atom is 0.323 e. The topological polar surface area (TPSA) is 60.7 Å². The Bertz CT molecular complexity index is 575. The molecule has 16 heavy (non-hydrogen) atoms. The third-order valence-corrected chi connectivity index (χ3v) is 3.95. The molecule has 2 atom stereocenters. The van der Waals surface area contributed by atoms with Crippen molar-refractivity contribution in [1.82, 2.24) is 15.3 Å². The van der Waals surface area contributed by atoms with Gasteiger partial charge >= 0.3 is 5.69 Å². The lowest BCUT2D eigenvalue weighted by atomic mass is 9.98. The van der Waals surface area contributed by atoms with Crippen LogP contribution in [0.25, 0.3) is 11.0 Å². The van der Waals surface area contributed by atoms with Gasteiger partial charge in [0.1, 0.15) is 0 Å². The number of hydrogen-bond donors (Lipinski definition) is 3. The van der Waals surface area contributed by atoms with Crippen molar-refractivity contribution in [1.29, 1.82) is 0 Å². The van der Waals surface area contributed by atoms with Gasteiger partial charge in [-0.3, -0.25) is 0 Å². The maximum atomic E-state index is 11.2. The van der Waals surface area contributed by atoms with E-state index in [9.17, 15) is 4.79 Å². The van der Waals surface area contributed by atoms with Gasteiger partial charge in [0, 0.05) is 13.1 Å². The highest BCUT2D eigenvalue weighted by atomic mass is 16.1. The molecule has 1 aliphatic heterocycles. The van der Waals surface area contributed by atoms with Crippen LogP contribution in [0.3, 0.4) is 0 Å². The molecule has 2 unspecified atom stereocenters. The van der Waals surface area contributed by atoms with Gasteiger partial charge in [-0.05, 0) is 41.5 Å². The van der Waals surface area contributed by atoms with Gasteiger partial charge in [0.15, 0.2) is 0 Å². The number of piperidine rings is 1. The summed E-state index contributed by atoms with van der Waals surface area (Å²) in [4.78, 5) is 16.9. The van der Waals surface area contributed by atoms with E-state index in [-0.39, 0.29) is 5.69 Å². The second-order valence-electron chi connectivity index (χ2n) is 4.89. The van der Waals surface area contributed by atoms with Gasteiger partial charge in [-0.2, -0.15) is 0 Å². The first-order valence-corrected chi connectivity index (χ1v) is 5.78. The standard InChI is InChI=1S/C12H13N3O/c16-12-14-10-2-8-6-1-7(5-13-4-6)9(8)3-11(10)15-12/h2-3,6-7,13H,1,4-5H2,(H2,14,15,16). The quantitative estimate of drug-likeness (QED) is 0.614. The smallest absolute Gasteiger partial charge is 0.316 e. The molecule has 0 saturated carbocycles. The molecule has 2 heterocycles. The van der Waals surface area contributed by atoms with E-state index in [0.717, 1.165) is 24.1 Å². The minimum atomic E-state index is -0.109. The fraction of sp³-hybridized carbons (Fsp3) is 0.417. The maximum absolute atomic E-state index is 11.2. The molecule has 4 nitrogen and oxygen atoms in total. The Kier molecular flexibility index (Phi) is 1.48. The number of rotatable bonds is 0. The molecule has 0 radical (unpaired) electrons. The molecule has 82 valence electrons. The Morgan fingerprint density at radius 1 is 1.00 bits per heavy atom. The molecule has 1 aromatic carbocycles. The molecular weight excluding hydrogens is 202 g/mol. The zero-order valence-electron chi connectivity index (χ0n) is 8.84. The van der Waals surface area contributed by atoms with Gasteiger partial charge in [-0.15, -0.1) is 0 Å². The number of hydrogen-bond acceptors (Lipinski definition) is 2. The molecule has 2 aromatic rings. The largest absolute Gasteiger partial charge is 0.323 e. The van der Waals surface area contributed by atoms with Crippen molar-refractivity contribution in [3.05, 3.63) is 33.7 Å². The van der Waals surface area contributed by atoms with Crippen molar-refractivity contribution in [3.63, 3.8) is 0 Å². The molecule has 2 bridgehead atoms. The third-order valence-electron chi connectivity index (χ3n) is 3.95. The number of benzene rings is 1. The second kappa shape index (κ2) is 2.77. The van der Waals surface area contributed by atoms with Crippen LogP contribution in [0, 0.1) is 0 Å². The number of H-pyrrole nitrogens is 2. The molecule has 1 fully saturated rings. The van der Waals surface area contributed by atoms with Crippen LogP contribution >= 0.6 is 0 Å². The fourth-order valence-corrected chi connectivity index (χ4v) is 3.24. The van der Waals surface area contributed by atoms with E-state index >= 15 is 0 Å². The van der Waals surface area contributed by atoms with Crippen LogP contribution in [0.1, 0.15) is 29.4 Å². The average Bonchev–Trinajstić information content (AvgIpc) is 2.76. The Labute approximate surface area is 92.1 Å². The van der Waals surface area contributed by atoms with Gasteiger partial charge in [-0.25, -0.2) is 4.79 Å². The SMILES string of the molecule is O=c1[nH]c2cc3c(cc2[nH]1)C1CNCC3C1. The number of aromatic amines is 2. The van der Waals surface area contributed by atoms with Crippen LogP contribution in [-0.4, -0.2) is 23.1 Å². The van der Waals surface area contributed by atoms with Crippen molar-refractivity contribution in [2.24, 2.45) is 0 Å². The summed E-state index contributed by atoms with van der Waals surface area (Å²) in [5.74, 6) is 1.27. The summed E-state index contributed by atoms with van der Waals surface area (Å²) < 4.78 is 0. The van der Waals surface area contributed by atoms with Crippen LogP contribution in [0.5, 0.6) is 0 Å². The summed E-state index contributed by atoms with van der Waals surface area (Å²) in [5, 5.41) is 3.47. The molecular formula is C12H13N3O. The monoisotopic (exact) mass is 215 g/mol. The zero-order valence-corrected chi connectivity index (χ0v) is 8.84. The van der Waals surface area contributed by atoms with E-state index in [2.05, 4.69) is 27.4 Å². The van der Waals surface area contributed by atoms with Crippen LogP contribution in [0.2, 0.25) is 0 Å².